The van der Waals surface area contributed by atoms with Crippen LogP contribution in [0.15, 0.2) is 30.5 Å². The third kappa shape index (κ3) is 2.71. The van der Waals surface area contributed by atoms with Crippen molar-refractivity contribution < 1.29 is 4.74 Å². The molecule has 0 amide bonds. The standard InChI is InChI=1S/C14H12ClN5O/c1-2-21-13-11-12(19-14(16)20-13)17-7-10(18-11)8-4-3-5-9(15)6-8/h3-7H,2H2,1H3,(H2,16,17,19,20). The van der Waals surface area contributed by atoms with Gasteiger partial charge in [-0.25, -0.2) is 9.97 Å². The van der Waals surface area contributed by atoms with Crippen molar-refractivity contribution >= 4 is 28.7 Å². The van der Waals surface area contributed by atoms with Gasteiger partial charge in [-0.1, -0.05) is 23.7 Å². The highest BCUT2D eigenvalue weighted by Crippen LogP contribution is 2.25. The zero-order valence-corrected chi connectivity index (χ0v) is 12.0. The number of nitrogens with two attached hydrogens (primary N) is 1. The summed E-state index contributed by atoms with van der Waals surface area (Å²) in [6.45, 7) is 2.31. The predicted molar refractivity (Wildman–Crippen MR) is 81.2 cm³/mol. The van der Waals surface area contributed by atoms with E-state index in [1.165, 1.54) is 0 Å². The molecule has 21 heavy (non-hydrogen) atoms. The van der Waals surface area contributed by atoms with Crippen LogP contribution in [0.3, 0.4) is 0 Å². The van der Waals surface area contributed by atoms with Crippen molar-refractivity contribution in [3.8, 4) is 17.1 Å². The average Bonchev–Trinajstić information content (AvgIpc) is 2.47. The van der Waals surface area contributed by atoms with Crippen LogP contribution in [-0.2, 0) is 0 Å². The van der Waals surface area contributed by atoms with Gasteiger partial charge in [-0.15, -0.1) is 0 Å². The van der Waals surface area contributed by atoms with Crippen LogP contribution in [-0.4, -0.2) is 26.5 Å². The first-order chi connectivity index (χ1) is 10.2. The Morgan fingerprint density at radius 2 is 2.10 bits per heavy atom. The van der Waals surface area contributed by atoms with Crippen LogP contribution in [0.5, 0.6) is 5.88 Å². The molecule has 2 N–H and O–H groups in total. The van der Waals surface area contributed by atoms with E-state index in [1.54, 1.807) is 12.3 Å². The first kappa shape index (κ1) is 13.5. The number of aromatic nitrogens is 4. The Balaban J connectivity index is 2.19. The summed E-state index contributed by atoms with van der Waals surface area (Å²) in [6, 6.07) is 7.37. The summed E-state index contributed by atoms with van der Waals surface area (Å²) in [4.78, 5) is 16.9. The molecule has 3 aromatic rings. The molecule has 3 rings (SSSR count). The minimum absolute atomic E-state index is 0.107. The van der Waals surface area contributed by atoms with E-state index < -0.39 is 0 Å². The number of benzene rings is 1. The van der Waals surface area contributed by atoms with Gasteiger partial charge in [-0.2, -0.15) is 9.97 Å². The van der Waals surface area contributed by atoms with Crippen LogP contribution >= 0.6 is 11.6 Å². The van der Waals surface area contributed by atoms with E-state index in [1.807, 2.05) is 25.1 Å². The summed E-state index contributed by atoms with van der Waals surface area (Å²) < 4.78 is 5.45. The predicted octanol–water partition coefficient (Wildman–Crippen LogP) is 2.72. The molecule has 0 fully saturated rings. The number of nitrogen functional groups attached to an aromatic ring is 1. The summed E-state index contributed by atoms with van der Waals surface area (Å²) in [5.41, 5.74) is 8.04. The van der Waals surface area contributed by atoms with Crippen LogP contribution < -0.4 is 10.5 Å². The second kappa shape index (κ2) is 5.49. The number of ether oxygens (including phenoxy) is 1. The van der Waals surface area contributed by atoms with Crippen LogP contribution in [0.1, 0.15) is 6.92 Å². The maximum atomic E-state index is 6.00. The number of hydrogen-bond donors (Lipinski definition) is 1. The Morgan fingerprint density at radius 1 is 1.24 bits per heavy atom. The van der Waals surface area contributed by atoms with Crippen LogP contribution in [0.25, 0.3) is 22.4 Å². The van der Waals surface area contributed by atoms with Crippen molar-refractivity contribution in [2.24, 2.45) is 0 Å². The summed E-state index contributed by atoms with van der Waals surface area (Å²) in [5, 5.41) is 0.632. The Hall–Kier alpha value is -2.47. The summed E-state index contributed by atoms with van der Waals surface area (Å²) in [6.07, 6.45) is 1.62. The fourth-order valence-electron chi connectivity index (χ4n) is 1.92. The second-order valence-electron chi connectivity index (χ2n) is 4.26. The highest BCUT2D eigenvalue weighted by molar-refractivity contribution is 6.30. The van der Waals surface area contributed by atoms with Gasteiger partial charge < -0.3 is 10.5 Å². The van der Waals surface area contributed by atoms with Gasteiger partial charge in [0.05, 0.1) is 18.5 Å². The zero-order valence-electron chi connectivity index (χ0n) is 11.2. The lowest BCUT2D eigenvalue weighted by Crippen LogP contribution is -2.04. The quantitative estimate of drug-likeness (QED) is 0.800. The van der Waals surface area contributed by atoms with Crippen molar-refractivity contribution in [3.63, 3.8) is 0 Å². The molecule has 0 saturated carbocycles. The molecule has 106 valence electrons. The van der Waals surface area contributed by atoms with E-state index in [-0.39, 0.29) is 5.95 Å². The Bertz CT molecular complexity index is 808. The average molecular weight is 302 g/mol. The van der Waals surface area contributed by atoms with Crippen molar-refractivity contribution in [2.75, 3.05) is 12.3 Å². The SMILES string of the molecule is CCOc1nc(N)nc2ncc(-c3cccc(Cl)c3)nc12. The number of fused-ring (bicyclic) bond motifs is 1. The zero-order chi connectivity index (χ0) is 14.8. The van der Waals surface area contributed by atoms with Crippen LogP contribution in [0.4, 0.5) is 5.95 Å². The Morgan fingerprint density at radius 3 is 2.86 bits per heavy atom. The van der Waals surface area contributed by atoms with Gasteiger partial charge in [0.25, 0.3) is 0 Å². The Kier molecular flexibility index (Phi) is 3.53. The second-order valence-corrected chi connectivity index (χ2v) is 4.69. The van der Waals surface area contributed by atoms with E-state index in [0.29, 0.717) is 34.4 Å². The van der Waals surface area contributed by atoms with Crippen molar-refractivity contribution in [1.29, 1.82) is 0 Å². The van der Waals surface area contributed by atoms with Crippen LogP contribution in [0, 0.1) is 0 Å². The van der Waals surface area contributed by atoms with Crippen molar-refractivity contribution in [1.82, 2.24) is 19.9 Å². The normalized spacial score (nSPS) is 10.8. The molecule has 6 nitrogen and oxygen atoms in total. The molecule has 0 saturated heterocycles. The van der Waals surface area contributed by atoms with Gasteiger partial charge in [0.15, 0.2) is 11.2 Å². The van der Waals surface area contributed by atoms with E-state index in [9.17, 15) is 0 Å². The fraction of sp³-hybridized carbons (Fsp3) is 0.143. The first-order valence-corrected chi connectivity index (χ1v) is 6.74. The Labute approximate surface area is 126 Å². The lowest BCUT2D eigenvalue weighted by atomic mass is 10.1. The van der Waals surface area contributed by atoms with E-state index in [2.05, 4.69) is 19.9 Å². The molecule has 0 unspecified atom stereocenters. The third-order valence-electron chi connectivity index (χ3n) is 2.79. The largest absolute Gasteiger partial charge is 0.476 e. The molecule has 0 aliphatic carbocycles. The number of rotatable bonds is 3. The molecule has 0 aliphatic heterocycles. The van der Waals surface area contributed by atoms with Gasteiger partial charge >= 0.3 is 0 Å². The van der Waals surface area contributed by atoms with Crippen molar-refractivity contribution in [3.05, 3.63) is 35.5 Å². The van der Waals surface area contributed by atoms with Crippen molar-refractivity contribution in [2.45, 2.75) is 6.92 Å². The van der Waals surface area contributed by atoms with Gasteiger partial charge in [0, 0.05) is 10.6 Å². The summed E-state index contributed by atoms with van der Waals surface area (Å²) in [5.74, 6) is 0.437. The lowest BCUT2D eigenvalue weighted by molar-refractivity contribution is 0.330. The molecule has 0 radical (unpaired) electrons. The van der Waals surface area contributed by atoms with Crippen LogP contribution in [0.2, 0.25) is 5.02 Å². The monoisotopic (exact) mass is 301 g/mol. The third-order valence-corrected chi connectivity index (χ3v) is 3.03. The molecule has 0 spiro atoms. The number of hydrogen-bond acceptors (Lipinski definition) is 6. The highest BCUT2D eigenvalue weighted by atomic mass is 35.5. The molecule has 0 aliphatic rings. The minimum atomic E-state index is 0.107. The maximum Gasteiger partial charge on any atom is 0.247 e. The highest BCUT2D eigenvalue weighted by Gasteiger charge is 2.12. The molecule has 1 aromatic carbocycles. The van der Waals surface area contributed by atoms with Gasteiger partial charge in [0.2, 0.25) is 11.8 Å². The minimum Gasteiger partial charge on any atom is -0.476 e. The topological polar surface area (TPSA) is 86.8 Å². The maximum absolute atomic E-state index is 6.00. The molecule has 7 heteroatoms. The number of halogens is 1. The molecule has 2 aromatic heterocycles. The van der Waals surface area contributed by atoms with Gasteiger partial charge in [-0.3, -0.25) is 0 Å². The van der Waals surface area contributed by atoms with E-state index in [4.69, 9.17) is 22.1 Å². The smallest absolute Gasteiger partial charge is 0.247 e. The van der Waals surface area contributed by atoms with E-state index >= 15 is 0 Å². The molecule has 2 heterocycles. The molecular weight excluding hydrogens is 290 g/mol. The number of nitrogens with zero attached hydrogens (tertiary/aromatic N) is 4. The van der Waals surface area contributed by atoms with Gasteiger partial charge in [0.1, 0.15) is 0 Å². The first-order valence-electron chi connectivity index (χ1n) is 6.36. The fourth-order valence-corrected chi connectivity index (χ4v) is 2.11. The molecule has 0 bridgehead atoms. The lowest BCUT2D eigenvalue weighted by Gasteiger charge is -2.07. The summed E-state index contributed by atoms with van der Waals surface area (Å²) in [7, 11) is 0. The molecular formula is C14H12ClN5O. The summed E-state index contributed by atoms with van der Waals surface area (Å²) >= 11 is 6.00. The van der Waals surface area contributed by atoms with Gasteiger partial charge in [-0.05, 0) is 19.1 Å². The molecule has 0 atom stereocenters. The van der Waals surface area contributed by atoms with E-state index in [0.717, 1.165) is 5.56 Å². The number of anilines is 1.